The fourth-order valence-corrected chi connectivity index (χ4v) is 1.44. The van der Waals surface area contributed by atoms with Gasteiger partial charge in [0.15, 0.2) is 11.5 Å². The lowest BCUT2D eigenvalue weighted by Crippen LogP contribution is -2.12. The molecule has 1 atom stereocenters. The first-order chi connectivity index (χ1) is 7.58. The van der Waals surface area contributed by atoms with Crippen molar-refractivity contribution in [1.82, 2.24) is 0 Å². The van der Waals surface area contributed by atoms with E-state index in [9.17, 15) is 9.90 Å². The highest BCUT2D eigenvalue weighted by Gasteiger charge is 2.12. The van der Waals surface area contributed by atoms with Crippen molar-refractivity contribution < 1.29 is 14.6 Å². The molecule has 3 heteroatoms. The second-order valence-electron chi connectivity index (χ2n) is 3.96. The van der Waals surface area contributed by atoms with Gasteiger partial charge < -0.3 is 9.84 Å². The van der Waals surface area contributed by atoms with Crippen molar-refractivity contribution in [3.8, 4) is 11.5 Å². The predicted molar refractivity (Wildman–Crippen MR) is 62.8 cm³/mol. The standard InChI is InChI=1S/C13H18O3/c1-4-9(2)12(15)7-10-5-6-11(14)13(8-10)16-3/h5-6,8-9,14H,4,7H2,1-3H3/t9-/m0/s1. The van der Waals surface area contributed by atoms with Crippen LogP contribution in [0.25, 0.3) is 0 Å². The number of ether oxygens (including phenoxy) is 1. The molecule has 0 radical (unpaired) electrons. The second kappa shape index (κ2) is 5.54. The third-order valence-corrected chi connectivity index (χ3v) is 2.78. The Kier molecular flexibility index (Phi) is 4.35. The lowest BCUT2D eigenvalue weighted by atomic mass is 9.97. The van der Waals surface area contributed by atoms with Crippen molar-refractivity contribution in [1.29, 1.82) is 0 Å². The number of hydrogen-bond acceptors (Lipinski definition) is 3. The SMILES string of the molecule is CC[C@H](C)C(=O)Cc1ccc(O)c(OC)c1. The minimum Gasteiger partial charge on any atom is -0.504 e. The van der Waals surface area contributed by atoms with Gasteiger partial charge in [0.1, 0.15) is 5.78 Å². The van der Waals surface area contributed by atoms with Crippen LogP contribution in [0.1, 0.15) is 25.8 Å². The number of benzene rings is 1. The molecule has 0 heterocycles. The smallest absolute Gasteiger partial charge is 0.160 e. The first kappa shape index (κ1) is 12.6. The number of aromatic hydroxyl groups is 1. The highest BCUT2D eigenvalue weighted by molar-refractivity contribution is 5.83. The number of rotatable bonds is 5. The van der Waals surface area contributed by atoms with Crippen LogP contribution in [0.2, 0.25) is 0 Å². The number of phenols is 1. The summed E-state index contributed by atoms with van der Waals surface area (Å²) < 4.78 is 4.99. The van der Waals surface area contributed by atoms with Gasteiger partial charge in [0, 0.05) is 12.3 Å². The lowest BCUT2D eigenvalue weighted by Gasteiger charge is -2.09. The van der Waals surface area contributed by atoms with E-state index in [0.717, 1.165) is 12.0 Å². The van der Waals surface area contributed by atoms with E-state index >= 15 is 0 Å². The van der Waals surface area contributed by atoms with E-state index in [4.69, 9.17) is 4.74 Å². The molecule has 0 aliphatic rings. The molecule has 1 rings (SSSR count). The molecule has 0 aliphatic heterocycles. The van der Waals surface area contributed by atoms with Gasteiger partial charge >= 0.3 is 0 Å². The molecule has 1 aromatic rings. The molecule has 16 heavy (non-hydrogen) atoms. The van der Waals surface area contributed by atoms with Crippen LogP contribution in [-0.4, -0.2) is 18.0 Å². The van der Waals surface area contributed by atoms with Crippen LogP contribution in [-0.2, 0) is 11.2 Å². The van der Waals surface area contributed by atoms with E-state index in [-0.39, 0.29) is 17.5 Å². The summed E-state index contributed by atoms with van der Waals surface area (Å²) in [6.07, 6.45) is 1.25. The number of carbonyl (C=O) groups excluding carboxylic acids is 1. The zero-order chi connectivity index (χ0) is 12.1. The van der Waals surface area contributed by atoms with Crippen molar-refractivity contribution in [2.45, 2.75) is 26.7 Å². The number of methoxy groups -OCH3 is 1. The average molecular weight is 222 g/mol. The highest BCUT2D eigenvalue weighted by atomic mass is 16.5. The van der Waals surface area contributed by atoms with Crippen LogP contribution >= 0.6 is 0 Å². The van der Waals surface area contributed by atoms with Crippen LogP contribution in [0.4, 0.5) is 0 Å². The zero-order valence-electron chi connectivity index (χ0n) is 9.99. The van der Waals surface area contributed by atoms with Crippen LogP contribution in [0.3, 0.4) is 0 Å². The van der Waals surface area contributed by atoms with Gasteiger partial charge in [-0.2, -0.15) is 0 Å². The van der Waals surface area contributed by atoms with Crippen molar-refractivity contribution in [2.24, 2.45) is 5.92 Å². The van der Waals surface area contributed by atoms with Crippen molar-refractivity contribution in [3.05, 3.63) is 23.8 Å². The third-order valence-electron chi connectivity index (χ3n) is 2.78. The second-order valence-corrected chi connectivity index (χ2v) is 3.96. The largest absolute Gasteiger partial charge is 0.504 e. The predicted octanol–water partition coefficient (Wildman–Crippen LogP) is 2.56. The summed E-state index contributed by atoms with van der Waals surface area (Å²) in [4.78, 5) is 11.7. The molecule has 0 bridgehead atoms. The van der Waals surface area contributed by atoms with E-state index in [1.807, 2.05) is 13.8 Å². The molecule has 88 valence electrons. The summed E-state index contributed by atoms with van der Waals surface area (Å²) in [6.45, 7) is 3.93. The third kappa shape index (κ3) is 2.99. The van der Waals surface area contributed by atoms with E-state index in [0.29, 0.717) is 12.2 Å². The van der Waals surface area contributed by atoms with Crippen LogP contribution < -0.4 is 4.74 Å². The summed E-state index contributed by atoms with van der Waals surface area (Å²) in [5.41, 5.74) is 0.875. The highest BCUT2D eigenvalue weighted by Crippen LogP contribution is 2.26. The normalized spacial score (nSPS) is 12.2. The van der Waals surface area contributed by atoms with Gasteiger partial charge in [0.2, 0.25) is 0 Å². The number of hydrogen-bond donors (Lipinski definition) is 1. The Bertz CT molecular complexity index is 371. The maximum absolute atomic E-state index is 11.7. The van der Waals surface area contributed by atoms with Crippen molar-refractivity contribution >= 4 is 5.78 Å². The lowest BCUT2D eigenvalue weighted by molar-refractivity contribution is -0.121. The van der Waals surface area contributed by atoms with Crippen LogP contribution in [0.15, 0.2) is 18.2 Å². The molecular weight excluding hydrogens is 204 g/mol. The fraction of sp³-hybridized carbons (Fsp3) is 0.462. The number of phenolic OH excluding ortho intramolecular Hbond substituents is 1. The first-order valence-electron chi connectivity index (χ1n) is 5.47. The minimum atomic E-state index is 0.0831. The Morgan fingerprint density at radius 2 is 2.19 bits per heavy atom. The number of ketones is 1. The number of carbonyl (C=O) groups is 1. The van der Waals surface area contributed by atoms with Gasteiger partial charge in [-0.3, -0.25) is 4.79 Å². The fourth-order valence-electron chi connectivity index (χ4n) is 1.44. The molecule has 0 saturated heterocycles. The van der Waals surface area contributed by atoms with Gasteiger partial charge in [-0.05, 0) is 24.1 Å². The van der Waals surface area contributed by atoms with E-state index in [2.05, 4.69) is 0 Å². The molecule has 0 fully saturated rings. The molecule has 0 saturated carbocycles. The molecule has 1 N–H and O–H groups in total. The maximum atomic E-state index is 11.7. The van der Waals surface area contributed by atoms with Crippen LogP contribution in [0, 0.1) is 5.92 Å². The minimum absolute atomic E-state index is 0.0831. The number of Topliss-reactive ketones (excluding diaryl/α,β-unsaturated/α-hetero) is 1. The molecule has 1 aromatic carbocycles. The summed E-state index contributed by atoms with van der Waals surface area (Å²) in [7, 11) is 1.50. The molecule has 0 spiro atoms. The van der Waals surface area contributed by atoms with Gasteiger partial charge in [0.25, 0.3) is 0 Å². The Hall–Kier alpha value is -1.51. The Morgan fingerprint density at radius 3 is 2.75 bits per heavy atom. The zero-order valence-corrected chi connectivity index (χ0v) is 9.99. The van der Waals surface area contributed by atoms with Crippen molar-refractivity contribution in [2.75, 3.05) is 7.11 Å². The van der Waals surface area contributed by atoms with Gasteiger partial charge in [-0.15, -0.1) is 0 Å². The Morgan fingerprint density at radius 1 is 1.50 bits per heavy atom. The Labute approximate surface area is 96.1 Å². The summed E-state index contributed by atoms with van der Waals surface area (Å²) in [5, 5.41) is 9.41. The molecule has 3 nitrogen and oxygen atoms in total. The van der Waals surface area contributed by atoms with Crippen LogP contribution in [0.5, 0.6) is 11.5 Å². The summed E-state index contributed by atoms with van der Waals surface area (Å²) in [5.74, 6) is 0.812. The summed E-state index contributed by atoms with van der Waals surface area (Å²) >= 11 is 0. The molecule has 0 unspecified atom stereocenters. The first-order valence-corrected chi connectivity index (χ1v) is 5.47. The van der Waals surface area contributed by atoms with E-state index in [1.54, 1.807) is 18.2 Å². The maximum Gasteiger partial charge on any atom is 0.160 e. The molecule has 0 amide bonds. The molecular formula is C13H18O3. The molecule has 0 aromatic heterocycles. The monoisotopic (exact) mass is 222 g/mol. The Balaban J connectivity index is 2.78. The summed E-state index contributed by atoms with van der Waals surface area (Å²) in [6, 6.07) is 5.01. The quantitative estimate of drug-likeness (QED) is 0.832. The van der Waals surface area contributed by atoms with Gasteiger partial charge in [-0.1, -0.05) is 19.9 Å². The van der Waals surface area contributed by atoms with Crippen molar-refractivity contribution in [3.63, 3.8) is 0 Å². The average Bonchev–Trinajstić information content (AvgIpc) is 2.30. The topological polar surface area (TPSA) is 46.5 Å². The molecule has 0 aliphatic carbocycles. The van der Waals surface area contributed by atoms with Gasteiger partial charge in [-0.25, -0.2) is 0 Å². The van der Waals surface area contributed by atoms with Gasteiger partial charge in [0.05, 0.1) is 7.11 Å². The van der Waals surface area contributed by atoms with E-state index in [1.165, 1.54) is 7.11 Å². The van der Waals surface area contributed by atoms with E-state index < -0.39 is 0 Å².